The number of hydrogen-bond acceptors (Lipinski definition) is 6. The topological polar surface area (TPSA) is 71.7 Å². The summed E-state index contributed by atoms with van der Waals surface area (Å²) in [7, 11) is 0. The Kier molecular flexibility index (Phi) is 4.64. The normalized spacial score (nSPS) is 10.6. The van der Waals surface area contributed by atoms with Crippen molar-refractivity contribution in [2.24, 2.45) is 0 Å². The van der Waals surface area contributed by atoms with Crippen molar-refractivity contribution in [2.45, 2.75) is 0 Å². The Morgan fingerprint density at radius 1 is 0.867 bits per heavy atom. The minimum Gasteiger partial charge on any atom is -0.438 e. The average Bonchev–Trinajstić information content (AvgIpc) is 3.25. The molecule has 0 saturated heterocycles. The van der Waals surface area contributed by atoms with Crippen molar-refractivity contribution in [3.63, 3.8) is 0 Å². The number of thiophene rings is 1. The van der Waals surface area contributed by atoms with Crippen molar-refractivity contribution < 1.29 is 4.74 Å². The highest BCUT2D eigenvalue weighted by Crippen LogP contribution is 2.40. The molecule has 3 heterocycles. The third-order valence-electron chi connectivity index (χ3n) is 4.60. The van der Waals surface area contributed by atoms with Crippen molar-refractivity contribution in [2.75, 3.05) is 0 Å². The van der Waals surface area contributed by atoms with E-state index in [4.69, 9.17) is 20.0 Å². The van der Waals surface area contributed by atoms with Gasteiger partial charge < -0.3 is 4.74 Å². The predicted octanol–water partition coefficient (Wildman–Crippen LogP) is 6.08. The first-order valence-electron chi connectivity index (χ1n) is 9.25. The molecule has 0 aliphatic carbocycles. The Balaban J connectivity index is 1.69. The van der Waals surface area contributed by atoms with E-state index in [-0.39, 0.29) is 0 Å². The molecule has 142 valence electrons. The van der Waals surface area contributed by atoms with Crippen molar-refractivity contribution in [3.8, 4) is 40.2 Å². The molecule has 0 radical (unpaired) electrons. The highest BCUT2D eigenvalue weighted by molar-refractivity contribution is 7.17. The van der Waals surface area contributed by atoms with E-state index in [1.54, 1.807) is 48.0 Å². The van der Waals surface area contributed by atoms with Gasteiger partial charge in [0, 0.05) is 28.9 Å². The molecule has 5 aromatic rings. The van der Waals surface area contributed by atoms with Crippen LogP contribution in [0.4, 0.5) is 0 Å². The number of aromatic nitrogens is 3. The molecule has 0 bridgehead atoms. The van der Waals surface area contributed by atoms with Gasteiger partial charge in [0.1, 0.15) is 10.6 Å². The van der Waals surface area contributed by atoms with Gasteiger partial charge in [0.15, 0.2) is 5.82 Å². The van der Waals surface area contributed by atoms with Crippen LogP contribution in [0.5, 0.6) is 11.6 Å². The Morgan fingerprint density at radius 2 is 1.67 bits per heavy atom. The SMILES string of the molecule is N#Cc1ccc(Oc2nc(-c3cccnc3)nc3scc(-c4ccccc4)c23)cc1. The number of ether oxygens (including phenoxy) is 1. The Labute approximate surface area is 176 Å². The molecule has 0 aliphatic heterocycles. The van der Waals surface area contributed by atoms with Crippen LogP contribution in [0, 0.1) is 11.3 Å². The van der Waals surface area contributed by atoms with E-state index in [9.17, 15) is 0 Å². The molecule has 0 N–H and O–H groups in total. The standard InChI is InChI=1S/C24H14N4OS/c25-13-16-8-10-19(11-9-16)29-23-21-20(17-5-2-1-3-6-17)15-30-24(21)28-22(27-23)18-7-4-12-26-14-18/h1-12,14-15H. The second kappa shape index (κ2) is 7.74. The van der Waals surface area contributed by atoms with E-state index in [0.29, 0.717) is 23.0 Å². The summed E-state index contributed by atoms with van der Waals surface area (Å²) < 4.78 is 6.20. The van der Waals surface area contributed by atoms with Crippen LogP contribution in [0.25, 0.3) is 32.7 Å². The maximum atomic E-state index is 9.04. The van der Waals surface area contributed by atoms with Crippen LogP contribution in [-0.2, 0) is 0 Å². The van der Waals surface area contributed by atoms with Crippen molar-refractivity contribution in [1.82, 2.24) is 15.0 Å². The van der Waals surface area contributed by atoms with Gasteiger partial charge in [0.05, 0.1) is 17.0 Å². The smallest absolute Gasteiger partial charge is 0.232 e. The quantitative estimate of drug-likeness (QED) is 0.361. The molecule has 0 aliphatic rings. The van der Waals surface area contributed by atoms with Gasteiger partial charge in [-0.2, -0.15) is 10.2 Å². The number of benzene rings is 2. The van der Waals surface area contributed by atoms with Gasteiger partial charge in [0.25, 0.3) is 0 Å². The second-order valence-electron chi connectivity index (χ2n) is 6.53. The molecule has 0 atom stereocenters. The fraction of sp³-hybridized carbons (Fsp3) is 0. The Bertz CT molecular complexity index is 1360. The maximum Gasteiger partial charge on any atom is 0.232 e. The number of nitriles is 1. The molecular formula is C24H14N4OS. The first-order chi connectivity index (χ1) is 14.8. The minimum atomic E-state index is 0.476. The number of rotatable bonds is 4. The average molecular weight is 406 g/mol. The van der Waals surface area contributed by atoms with Crippen LogP contribution in [-0.4, -0.2) is 15.0 Å². The molecule has 2 aromatic carbocycles. The van der Waals surface area contributed by atoms with E-state index in [2.05, 4.69) is 28.6 Å². The highest BCUT2D eigenvalue weighted by atomic mass is 32.1. The molecule has 5 rings (SSSR count). The Hall–Kier alpha value is -4.08. The van der Waals surface area contributed by atoms with Gasteiger partial charge >= 0.3 is 0 Å². The van der Waals surface area contributed by atoms with Crippen molar-refractivity contribution in [1.29, 1.82) is 5.26 Å². The van der Waals surface area contributed by atoms with Crippen LogP contribution in [0.15, 0.2) is 84.5 Å². The summed E-state index contributed by atoms with van der Waals surface area (Å²) in [5.41, 5.74) is 3.49. The van der Waals surface area contributed by atoms with E-state index in [1.165, 1.54) is 0 Å². The van der Waals surface area contributed by atoms with Crippen molar-refractivity contribution >= 4 is 21.6 Å². The molecule has 0 unspecified atom stereocenters. The van der Waals surface area contributed by atoms with Gasteiger partial charge in [0.2, 0.25) is 5.88 Å². The maximum absolute atomic E-state index is 9.04. The van der Waals surface area contributed by atoms with Gasteiger partial charge in [-0.3, -0.25) is 4.98 Å². The zero-order valence-electron chi connectivity index (χ0n) is 15.7. The molecule has 3 aromatic heterocycles. The summed E-state index contributed by atoms with van der Waals surface area (Å²) in [6, 6.07) is 23.0. The van der Waals surface area contributed by atoms with E-state index >= 15 is 0 Å². The largest absolute Gasteiger partial charge is 0.438 e. The summed E-state index contributed by atoms with van der Waals surface area (Å²) in [6.07, 6.45) is 3.45. The minimum absolute atomic E-state index is 0.476. The Morgan fingerprint density at radius 3 is 2.40 bits per heavy atom. The zero-order valence-corrected chi connectivity index (χ0v) is 16.5. The van der Waals surface area contributed by atoms with Crippen LogP contribution in [0.2, 0.25) is 0 Å². The monoisotopic (exact) mass is 406 g/mol. The van der Waals surface area contributed by atoms with Gasteiger partial charge in [-0.05, 0) is 42.0 Å². The third-order valence-corrected chi connectivity index (χ3v) is 5.48. The first-order valence-corrected chi connectivity index (χ1v) is 10.1. The predicted molar refractivity (Wildman–Crippen MR) is 117 cm³/mol. The van der Waals surface area contributed by atoms with Crippen LogP contribution >= 0.6 is 11.3 Å². The fourth-order valence-corrected chi connectivity index (χ4v) is 4.08. The fourth-order valence-electron chi connectivity index (χ4n) is 3.15. The van der Waals surface area contributed by atoms with Crippen LogP contribution in [0.3, 0.4) is 0 Å². The summed E-state index contributed by atoms with van der Waals surface area (Å²) in [6.45, 7) is 0. The second-order valence-corrected chi connectivity index (χ2v) is 7.39. The van der Waals surface area contributed by atoms with Gasteiger partial charge in [-0.1, -0.05) is 30.3 Å². The molecule has 0 saturated carbocycles. The molecule has 0 fully saturated rings. The number of hydrogen-bond donors (Lipinski definition) is 0. The number of nitrogens with zero attached hydrogens (tertiary/aromatic N) is 4. The van der Waals surface area contributed by atoms with Gasteiger partial charge in [-0.25, -0.2) is 4.98 Å². The van der Waals surface area contributed by atoms with Gasteiger partial charge in [-0.15, -0.1) is 11.3 Å². The molecular weight excluding hydrogens is 392 g/mol. The molecule has 0 amide bonds. The summed E-state index contributed by atoms with van der Waals surface area (Å²) in [5, 5.41) is 12.0. The first kappa shape index (κ1) is 18.0. The lowest BCUT2D eigenvalue weighted by Crippen LogP contribution is -1.95. The number of fused-ring (bicyclic) bond motifs is 1. The lowest BCUT2D eigenvalue weighted by Gasteiger charge is -2.10. The summed E-state index contributed by atoms with van der Waals surface area (Å²) in [4.78, 5) is 14.5. The highest BCUT2D eigenvalue weighted by Gasteiger charge is 2.18. The molecule has 30 heavy (non-hydrogen) atoms. The van der Waals surface area contributed by atoms with Crippen LogP contribution in [0.1, 0.15) is 5.56 Å². The lowest BCUT2D eigenvalue weighted by atomic mass is 10.1. The number of pyridine rings is 1. The lowest BCUT2D eigenvalue weighted by molar-refractivity contribution is 0.469. The van der Waals surface area contributed by atoms with E-state index in [0.717, 1.165) is 26.9 Å². The van der Waals surface area contributed by atoms with E-state index in [1.807, 2.05) is 30.3 Å². The molecule has 6 heteroatoms. The van der Waals surface area contributed by atoms with E-state index < -0.39 is 0 Å². The van der Waals surface area contributed by atoms with Crippen LogP contribution < -0.4 is 4.74 Å². The molecule has 0 spiro atoms. The molecule has 5 nitrogen and oxygen atoms in total. The van der Waals surface area contributed by atoms with Crippen molar-refractivity contribution in [3.05, 3.63) is 90.1 Å². The third kappa shape index (κ3) is 3.39. The summed E-state index contributed by atoms with van der Waals surface area (Å²) in [5.74, 6) is 1.64. The summed E-state index contributed by atoms with van der Waals surface area (Å²) >= 11 is 1.55. The zero-order chi connectivity index (χ0) is 20.3.